The maximum Gasteiger partial charge on any atom is -0.00210 e. The molecule has 1 rings (SSSR count). The molecule has 1 atom stereocenters. The second-order valence-corrected chi connectivity index (χ2v) is 5.30. The van der Waals surface area contributed by atoms with Crippen LogP contribution in [0.3, 0.4) is 0 Å². The van der Waals surface area contributed by atoms with E-state index < -0.39 is 0 Å². The van der Waals surface area contributed by atoms with Crippen LogP contribution in [0, 0.1) is 17.8 Å². The zero-order valence-corrected chi connectivity index (χ0v) is 10.2. The van der Waals surface area contributed by atoms with Gasteiger partial charge in [0.25, 0.3) is 0 Å². The molecule has 1 fully saturated rings. The second-order valence-electron chi connectivity index (χ2n) is 5.30. The van der Waals surface area contributed by atoms with Crippen molar-refractivity contribution in [3.63, 3.8) is 0 Å². The van der Waals surface area contributed by atoms with Crippen LogP contribution in [-0.2, 0) is 0 Å². The molecule has 1 N–H and O–H groups in total. The molecule has 0 aliphatic heterocycles. The van der Waals surface area contributed by atoms with Crippen molar-refractivity contribution in [2.24, 2.45) is 17.8 Å². The van der Waals surface area contributed by atoms with Crippen LogP contribution in [0.4, 0.5) is 0 Å². The lowest BCUT2D eigenvalue weighted by atomic mass is 9.79. The van der Waals surface area contributed by atoms with Crippen molar-refractivity contribution in [1.82, 2.24) is 5.32 Å². The highest BCUT2D eigenvalue weighted by Crippen LogP contribution is 2.31. The van der Waals surface area contributed by atoms with Gasteiger partial charge < -0.3 is 5.32 Å². The van der Waals surface area contributed by atoms with Gasteiger partial charge in [-0.15, -0.1) is 0 Å². The Kier molecular flexibility index (Phi) is 5.54. The lowest BCUT2D eigenvalue weighted by molar-refractivity contribution is 0.244. The van der Waals surface area contributed by atoms with Crippen LogP contribution in [0.5, 0.6) is 0 Å². The predicted octanol–water partition coefficient (Wildman–Crippen LogP) is 3.45. The predicted molar refractivity (Wildman–Crippen MR) is 63.4 cm³/mol. The molecule has 0 saturated heterocycles. The van der Waals surface area contributed by atoms with Crippen molar-refractivity contribution in [2.45, 2.75) is 52.4 Å². The number of hydrogen-bond donors (Lipinski definition) is 1. The van der Waals surface area contributed by atoms with Gasteiger partial charge in [-0.1, -0.05) is 46.0 Å². The van der Waals surface area contributed by atoms with E-state index in [4.69, 9.17) is 0 Å². The summed E-state index contributed by atoms with van der Waals surface area (Å²) in [6.45, 7) is 5.93. The summed E-state index contributed by atoms with van der Waals surface area (Å²) in [7, 11) is 2.08. The van der Waals surface area contributed by atoms with Crippen molar-refractivity contribution in [2.75, 3.05) is 13.6 Å². The summed E-state index contributed by atoms with van der Waals surface area (Å²) in [6.07, 6.45) is 8.89. The quantitative estimate of drug-likeness (QED) is 0.712. The fourth-order valence-electron chi connectivity index (χ4n) is 2.70. The van der Waals surface area contributed by atoms with Crippen LogP contribution in [0.25, 0.3) is 0 Å². The first-order valence-corrected chi connectivity index (χ1v) is 6.38. The summed E-state index contributed by atoms with van der Waals surface area (Å²) in [6, 6.07) is 0. The molecular formula is C13H27N. The molecular weight excluding hydrogens is 170 g/mol. The van der Waals surface area contributed by atoms with E-state index in [1.54, 1.807) is 0 Å². The van der Waals surface area contributed by atoms with Crippen molar-refractivity contribution >= 4 is 0 Å². The maximum absolute atomic E-state index is 3.34. The SMILES string of the molecule is CNCC(CC1CCCCC1)C(C)C. The first-order valence-electron chi connectivity index (χ1n) is 6.38. The van der Waals surface area contributed by atoms with E-state index in [9.17, 15) is 0 Å². The molecule has 1 unspecified atom stereocenters. The number of hydrogen-bond acceptors (Lipinski definition) is 1. The molecule has 14 heavy (non-hydrogen) atoms. The van der Waals surface area contributed by atoms with E-state index in [0.29, 0.717) is 0 Å². The monoisotopic (exact) mass is 197 g/mol. The minimum absolute atomic E-state index is 0.837. The molecule has 84 valence electrons. The van der Waals surface area contributed by atoms with Crippen LogP contribution >= 0.6 is 0 Å². The van der Waals surface area contributed by atoms with Crippen LogP contribution in [0.1, 0.15) is 52.4 Å². The van der Waals surface area contributed by atoms with Gasteiger partial charge in [0.1, 0.15) is 0 Å². The van der Waals surface area contributed by atoms with Gasteiger partial charge in [-0.05, 0) is 37.8 Å². The van der Waals surface area contributed by atoms with E-state index in [0.717, 1.165) is 17.8 Å². The standard InChI is InChI=1S/C13H27N/c1-11(2)13(10-14-3)9-12-7-5-4-6-8-12/h11-14H,4-10H2,1-3H3. The minimum Gasteiger partial charge on any atom is -0.319 e. The van der Waals surface area contributed by atoms with Crippen LogP contribution in [-0.4, -0.2) is 13.6 Å². The highest BCUT2D eigenvalue weighted by molar-refractivity contribution is 4.73. The second kappa shape index (κ2) is 6.44. The largest absolute Gasteiger partial charge is 0.319 e. The van der Waals surface area contributed by atoms with E-state index >= 15 is 0 Å². The molecule has 0 amide bonds. The molecule has 0 heterocycles. The average molecular weight is 197 g/mol. The molecule has 1 aliphatic rings. The molecule has 0 aromatic rings. The minimum atomic E-state index is 0.837. The number of nitrogens with one attached hydrogen (secondary N) is 1. The van der Waals surface area contributed by atoms with Gasteiger partial charge in [0.05, 0.1) is 0 Å². The van der Waals surface area contributed by atoms with E-state index in [2.05, 4.69) is 26.2 Å². The van der Waals surface area contributed by atoms with Crippen LogP contribution in [0.2, 0.25) is 0 Å². The lowest BCUT2D eigenvalue weighted by Crippen LogP contribution is -2.26. The summed E-state index contributed by atoms with van der Waals surface area (Å²) < 4.78 is 0. The summed E-state index contributed by atoms with van der Waals surface area (Å²) in [5.74, 6) is 2.76. The topological polar surface area (TPSA) is 12.0 Å². The fourth-order valence-corrected chi connectivity index (χ4v) is 2.70. The smallest absolute Gasteiger partial charge is 0.00210 e. The van der Waals surface area contributed by atoms with Gasteiger partial charge in [0.15, 0.2) is 0 Å². The maximum atomic E-state index is 3.34. The number of rotatable bonds is 5. The third kappa shape index (κ3) is 4.00. The van der Waals surface area contributed by atoms with Gasteiger partial charge in [-0.3, -0.25) is 0 Å². The Morgan fingerprint density at radius 1 is 1.14 bits per heavy atom. The average Bonchev–Trinajstić information content (AvgIpc) is 2.18. The first-order chi connectivity index (χ1) is 6.74. The highest BCUT2D eigenvalue weighted by Gasteiger charge is 2.20. The molecule has 0 spiro atoms. The van der Waals surface area contributed by atoms with Crippen molar-refractivity contribution in [3.05, 3.63) is 0 Å². The Bertz CT molecular complexity index is 136. The molecule has 1 aliphatic carbocycles. The molecule has 0 aromatic heterocycles. The lowest BCUT2D eigenvalue weighted by Gasteiger charge is -2.28. The van der Waals surface area contributed by atoms with Gasteiger partial charge >= 0.3 is 0 Å². The Labute approximate surface area is 89.7 Å². The summed E-state index contributed by atoms with van der Waals surface area (Å²) >= 11 is 0. The highest BCUT2D eigenvalue weighted by atomic mass is 14.8. The van der Waals surface area contributed by atoms with Crippen molar-refractivity contribution < 1.29 is 0 Å². The van der Waals surface area contributed by atoms with Gasteiger partial charge in [-0.2, -0.15) is 0 Å². The zero-order valence-electron chi connectivity index (χ0n) is 10.2. The Morgan fingerprint density at radius 2 is 1.79 bits per heavy atom. The molecule has 1 saturated carbocycles. The molecule has 0 aromatic carbocycles. The summed E-state index contributed by atoms with van der Waals surface area (Å²) in [5, 5.41) is 3.34. The van der Waals surface area contributed by atoms with Crippen LogP contribution < -0.4 is 5.32 Å². The molecule has 1 heteroatoms. The van der Waals surface area contributed by atoms with Crippen molar-refractivity contribution in [3.8, 4) is 0 Å². The Hall–Kier alpha value is -0.0400. The molecule has 0 radical (unpaired) electrons. The Balaban J connectivity index is 2.29. The Morgan fingerprint density at radius 3 is 2.29 bits per heavy atom. The van der Waals surface area contributed by atoms with Crippen LogP contribution in [0.15, 0.2) is 0 Å². The van der Waals surface area contributed by atoms with E-state index in [1.165, 1.54) is 45.1 Å². The van der Waals surface area contributed by atoms with Gasteiger partial charge in [-0.25, -0.2) is 0 Å². The summed E-state index contributed by atoms with van der Waals surface area (Å²) in [4.78, 5) is 0. The van der Waals surface area contributed by atoms with E-state index in [-0.39, 0.29) is 0 Å². The normalized spacial score (nSPS) is 21.4. The third-order valence-corrected chi connectivity index (χ3v) is 3.77. The molecule has 0 bridgehead atoms. The third-order valence-electron chi connectivity index (χ3n) is 3.77. The summed E-state index contributed by atoms with van der Waals surface area (Å²) in [5.41, 5.74) is 0. The first kappa shape index (κ1) is 12.0. The molecule has 1 nitrogen and oxygen atoms in total. The van der Waals surface area contributed by atoms with Crippen molar-refractivity contribution in [1.29, 1.82) is 0 Å². The van der Waals surface area contributed by atoms with Gasteiger partial charge in [0.2, 0.25) is 0 Å². The van der Waals surface area contributed by atoms with E-state index in [1.807, 2.05) is 0 Å². The zero-order chi connectivity index (χ0) is 10.4. The van der Waals surface area contributed by atoms with Gasteiger partial charge in [0, 0.05) is 0 Å². The fraction of sp³-hybridized carbons (Fsp3) is 1.00.